The number of hydrogen-bond donors (Lipinski definition) is 2. The Balaban J connectivity index is 1.82. The first-order chi connectivity index (χ1) is 12.1. The number of hydrogen-bond acceptors (Lipinski definition) is 4. The number of aromatic nitrogens is 1. The van der Waals surface area contributed by atoms with Crippen molar-refractivity contribution in [3.63, 3.8) is 0 Å². The zero-order valence-electron chi connectivity index (χ0n) is 15.4. The largest absolute Gasteiger partial charge is 0.497 e. The van der Waals surface area contributed by atoms with Gasteiger partial charge in [0.2, 0.25) is 0 Å². The van der Waals surface area contributed by atoms with Gasteiger partial charge in [0, 0.05) is 17.8 Å². The van der Waals surface area contributed by atoms with Gasteiger partial charge in [0.15, 0.2) is 0 Å². The molecule has 6 heteroatoms. The van der Waals surface area contributed by atoms with Gasteiger partial charge in [-0.25, -0.2) is 9.78 Å². The number of urea groups is 1. The average molecular weight is 362 g/mol. The Morgan fingerprint density at radius 3 is 2.56 bits per heavy atom. The molecule has 0 bridgehead atoms. The lowest BCUT2D eigenvalue weighted by atomic mass is 10.0. The molecule has 1 heterocycles. The Morgan fingerprint density at radius 2 is 2.00 bits per heavy atom. The van der Waals surface area contributed by atoms with Gasteiger partial charge in [0.1, 0.15) is 5.75 Å². The first kappa shape index (κ1) is 19.2. The molecule has 2 aromatic rings. The maximum absolute atomic E-state index is 12.2. The van der Waals surface area contributed by atoms with Crippen LogP contribution >= 0.6 is 11.3 Å². The first-order valence-electron chi connectivity index (χ1n) is 8.70. The number of nitrogens with zero attached hydrogens (tertiary/aromatic N) is 1. The Kier molecular flexibility index (Phi) is 7.25. The van der Waals surface area contributed by atoms with E-state index in [2.05, 4.69) is 36.4 Å². The maximum Gasteiger partial charge on any atom is 0.315 e. The molecule has 0 saturated carbocycles. The van der Waals surface area contributed by atoms with E-state index in [1.54, 1.807) is 18.4 Å². The van der Waals surface area contributed by atoms with Gasteiger partial charge >= 0.3 is 6.03 Å². The summed E-state index contributed by atoms with van der Waals surface area (Å²) in [5.74, 6) is 0.813. The molecule has 0 fully saturated rings. The zero-order chi connectivity index (χ0) is 18.2. The van der Waals surface area contributed by atoms with Crippen molar-refractivity contribution in [2.75, 3.05) is 13.7 Å². The number of ether oxygens (including phenoxy) is 1. The van der Waals surface area contributed by atoms with E-state index in [1.165, 1.54) is 4.88 Å². The molecular weight excluding hydrogens is 334 g/mol. The number of carbonyl (C=O) groups excluding carboxylic acids is 1. The van der Waals surface area contributed by atoms with Crippen LogP contribution in [-0.4, -0.2) is 24.7 Å². The highest BCUT2D eigenvalue weighted by atomic mass is 32.1. The summed E-state index contributed by atoms with van der Waals surface area (Å²) in [5, 5.41) is 7.03. The van der Waals surface area contributed by atoms with Crippen LogP contribution in [0.5, 0.6) is 5.75 Å². The molecular formula is C19H27N3O2S. The molecule has 0 aliphatic heterocycles. The van der Waals surface area contributed by atoms with Crippen LogP contribution in [-0.2, 0) is 12.8 Å². The number of aryl methyl sites for hydroxylation is 2. The van der Waals surface area contributed by atoms with E-state index in [1.807, 2.05) is 24.3 Å². The number of nitrogens with one attached hydrogen (secondary N) is 2. The van der Waals surface area contributed by atoms with E-state index in [9.17, 15) is 4.79 Å². The van der Waals surface area contributed by atoms with Crippen LogP contribution in [0.4, 0.5) is 4.79 Å². The van der Waals surface area contributed by atoms with Crippen molar-refractivity contribution < 1.29 is 9.53 Å². The molecule has 0 aliphatic rings. The lowest BCUT2D eigenvalue weighted by molar-refractivity contribution is 0.237. The third-order valence-corrected chi connectivity index (χ3v) is 5.20. The normalized spacial score (nSPS) is 11.8. The minimum Gasteiger partial charge on any atom is -0.497 e. The molecule has 1 aromatic carbocycles. The van der Waals surface area contributed by atoms with E-state index < -0.39 is 0 Å². The molecule has 1 atom stereocenters. The number of amides is 2. The van der Waals surface area contributed by atoms with E-state index in [4.69, 9.17) is 4.74 Å². The minimum absolute atomic E-state index is 0.0142. The maximum atomic E-state index is 12.2. The first-order valence-corrected chi connectivity index (χ1v) is 9.52. The second kappa shape index (κ2) is 9.42. The average Bonchev–Trinajstić information content (AvgIpc) is 2.99. The van der Waals surface area contributed by atoms with E-state index >= 15 is 0 Å². The molecule has 0 saturated heterocycles. The lowest BCUT2D eigenvalue weighted by Gasteiger charge is -2.18. The Labute approximate surface area is 153 Å². The summed E-state index contributed by atoms with van der Waals surface area (Å²) in [6.45, 7) is 6.85. The predicted molar refractivity (Wildman–Crippen MR) is 102 cm³/mol. The number of benzene rings is 1. The fraction of sp³-hybridized carbons (Fsp3) is 0.474. The standard InChI is InChI=1S/C19H27N3O2S/c1-5-16-13(3)25-18(21-16)11-12-20-19(23)22-17(6-2)14-7-9-15(24-4)10-8-14/h7-10,17H,5-6,11-12H2,1-4H3,(H2,20,22,23). The van der Waals surface area contributed by atoms with Gasteiger partial charge in [-0.15, -0.1) is 11.3 Å². The Hall–Kier alpha value is -2.08. The van der Waals surface area contributed by atoms with Crippen molar-refractivity contribution in [1.29, 1.82) is 0 Å². The zero-order valence-corrected chi connectivity index (χ0v) is 16.2. The molecule has 2 N–H and O–H groups in total. The highest BCUT2D eigenvalue weighted by Gasteiger charge is 2.13. The smallest absolute Gasteiger partial charge is 0.315 e. The third-order valence-electron chi connectivity index (χ3n) is 4.13. The van der Waals surface area contributed by atoms with Crippen LogP contribution in [0.1, 0.15) is 47.5 Å². The summed E-state index contributed by atoms with van der Waals surface area (Å²) >= 11 is 1.71. The topological polar surface area (TPSA) is 63.2 Å². The quantitative estimate of drug-likeness (QED) is 0.746. The monoisotopic (exact) mass is 361 g/mol. The molecule has 0 radical (unpaired) electrons. The van der Waals surface area contributed by atoms with Gasteiger partial charge in [-0.1, -0.05) is 26.0 Å². The number of thiazole rings is 1. The van der Waals surface area contributed by atoms with Gasteiger partial charge in [-0.2, -0.15) is 0 Å². The van der Waals surface area contributed by atoms with Crippen LogP contribution in [0.25, 0.3) is 0 Å². The molecule has 2 rings (SSSR count). The Bertz CT molecular complexity index is 682. The fourth-order valence-electron chi connectivity index (χ4n) is 2.67. The van der Waals surface area contributed by atoms with Crippen molar-refractivity contribution in [3.8, 4) is 5.75 Å². The molecule has 1 aromatic heterocycles. The van der Waals surface area contributed by atoms with Crippen molar-refractivity contribution in [1.82, 2.24) is 15.6 Å². The molecule has 136 valence electrons. The van der Waals surface area contributed by atoms with Gasteiger partial charge in [-0.3, -0.25) is 0 Å². The summed E-state index contributed by atoms with van der Waals surface area (Å²) in [6.07, 6.45) is 2.54. The minimum atomic E-state index is -0.147. The number of carbonyl (C=O) groups is 1. The van der Waals surface area contributed by atoms with Crippen LogP contribution in [0.3, 0.4) is 0 Å². The highest BCUT2D eigenvalue weighted by Crippen LogP contribution is 2.20. The van der Waals surface area contributed by atoms with Gasteiger partial charge in [0.05, 0.1) is 23.9 Å². The van der Waals surface area contributed by atoms with Crippen LogP contribution in [0.2, 0.25) is 0 Å². The molecule has 0 aliphatic carbocycles. The van der Waals surface area contributed by atoms with Crippen LogP contribution in [0, 0.1) is 6.92 Å². The van der Waals surface area contributed by atoms with Crippen molar-refractivity contribution in [3.05, 3.63) is 45.4 Å². The summed E-state index contributed by atoms with van der Waals surface area (Å²) < 4.78 is 5.17. The highest BCUT2D eigenvalue weighted by molar-refractivity contribution is 7.11. The summed E-state index contributed by atoms with van der Waals surface area (Å²) in [7, 11) is 1.64. The van der Waals surface area contributed by atoms with Gasteiger partial charge in [-0.05, 0) is 37.5 Å². The predicted octanol–water partition coefficient (Wildman–Crippen LogP) is 4.02. The summed E-state index contributed by atoms with van der Waals surface area (Å²) in [5.41, 5.74) is 2.23. The SMILES string of the molecule is CCc1nc(CCNC(=O)NC(CC)c2ccc(OC)cc2)sc1C. The molecule has 1 unspecified atom stereocenters. The number of rotatable bonds is 8. The number of methoxy groups -OCH3 is 1. The van der Waals surface area contributed by atoms with Crippen molar-refractivity contribution >= 4 is 17.4 Å². The molecule has 2 amide bonds. The van der Waals surface area contributed by atoms with E-state index in [-0.39, 0.29) is 12.1 Å². The van der Waals surface area contributed by atoms with Crippen LogP contribution in [0.15, 0.2) is 24.3 Å². The lowest BCUT2D eigenvalue weighted by Crippen LogP contribution is -2.38. The van der Waals surface area contributed by atoms with E-state index in [0.29, 0.717) is 6.54 Å². The van der Waals surface area contributed by atoms with Crippen molar-refractivity contribution in [2.45, 2.75) is 46.1 Å². The summed E-state index contributed by atoms with van der Waals surface area (Å²) in [6, 6.07) is 7.63. The second-order valence-corrected chi connectivity index (χ2v) is 7.14. The molecule has 0 spiro atoms. The van der Waals surface area contributed by atoms with Gasteiger partial charge < -0.3 is 15.4 Å². The van der Waals surface area contributed by atoms with Crippen LogP contribution < -0.4 is 15.4 Å². The van der Waals surface area contributed by atoms with Crippen molar-refractivity contribution in [2.24, 2.45) is 0 Å². The van der Waals surface area contributed by atoms with E-state index in [0.717, 1.165) is 41.3 Å². The summed E-state index contributed by atoms with van der Waals surface area (Å²) in [4.78, 5) is 18.0. The molecule has 5 nitrogen and oxygen atoms in total. The Morgan fingerprint density at radius 1 is 1.28 bits per heavy atom. The second-order valence-electron chi connectivity index (χ2n) is 5.85. The fourth-order valence-corrected chi connectivity index (χ4v) is 3.69. The third kappa shape index (κ3) is 5.46. The molecule has 25 heavy (non-hydrogen) atoms. The van der Waals surface area contributed by atoms with Gasteiger partial charge in [0.25, 0.3) is 0 Å².